The molecule has 0 atom stereocenters. The number of Topliss-reactive ketones (excluding diaryl/α,β-unsaturated/α-hetero) is 1. The number of hydrogen-bond donors (Lipinski definition) is 0. The van der Waals surface area contributed by atoms with Gasteiger partial charge in [0.15, 0.2) is 17.3 Å². The molecule has 3 aromatic carbocycles. The van der Waals surface area contributed by atoms with Crippen LogP contribution in [-0.2, 0) is 11.8 Å². The van der Waals surface area contributed by atoms with E-state index < -0.39 is 17.0 Å². The normalized spacial score (nSPS) is 11.4. The van der Waals surface area contributed by atoms with E-state index in [0.29, 0.717) is 28.4 Å². The van der Waals surface area contributed by atoms with Crippen LogP contribution in [0.5, 0.6) is 11.5 Å². The number of carbonyl (C=O) groups excluding carboxylic acids is 1. The molecule has 8 heteroatoms. The molecule has 186 valence electrons. The minimum Gasteiger partial charge on any atom is -0.493 e. The third-order valence-corrected chi connectivity index (χ3v) is 6.56. The maximum atomic E-state index is 13.7. The number of ketones is 1. The zero-order valence-electron chi connectivity index (χ0n) is 20.3. The molecule has 4 aromatic rings. The molecule has 0 unspecified atom stereocenters. The number of carbonyl (C=O) groups is 1. The van der Waals surface area contributed by atoms with Gasteiger partial charge in [-0.2, -0.15) is 0 Å². The van der Waals surface area contributed by atoms with Crippen LogP contribution in [0.4, 0.5) is 8.78 Å². The lowest BCUT2D eigenvalue weighted by Crippen LogP contribution is -2.24. The summed E-state index contributed by atoms with van der Waals surface area (Å²) in [6, 6.07) is 15.4. The Bertz CT molecular complexity index is 1420. The summed E-state index contributed by atoms with van der Waals surface area (Å²) in [5, 5.41) is 0.161. The zero-order valence-corrected chi connectivity index (χ0v) is 21.1. The van der Waals surface area contributed by atoms with E-state index in [0.717, 1.165) is 5.56 Å². The van der Waals surface area contributed by atoms with Crippen molar-refractivity contribution >= 4 is 17.4 Å². The first kappa shape index (κ1) is 25.4. The Morgan fingerprint density at radius 3 is 2.25 bits per heavy atom. The molecule has 0 spiro atoms. The molecule has 0 radical (unpaired) electrons. The fourth-order valence-electron chi connectivity index (χ4n) is 4.13. The van der Waals surface area contributed by atoms with E-state index in [2.05, 4.69) is 4.98 Å². The molecule has 0 aliphatic rings. The minimum atomic E-state index is -0.646. The Morgan fingerprint density at radius 2 is 1.61 bits per heavy atom. The van der Waals surface area contributed by atoms with Gasteiger partial charge < -0.3 is 9.47 Å². The first-order valence-electron chi connectivity index (χ1n) is 11.2. The Kier molecular flexibility index (Phi) is 7.13. The fourth-order valence-corrected chi connectivity index (χ4v) is 4.36. The van der Waals surface area contributed by atoms with E-state index in [1.54, 1.807) is 37.1 Å². The van der Waals surface area contributed by atoms with Gasteiger partial charge in [0, 0.05) is 22.5 Å². The average Bonchev–Trinajstić information content (AvgIpc) is 3.32. The van der Waals surface area contributed by atoms with Crippen LogP contribution in [-0.4, -0.2) is 29.6 Å². The Morgan fingerprint density at radius 1 is 0.944 bits per heavy atom. The first-order valence-corrected chi connectivity index (χ1v) is 11.6. The van der Waals surface area contributed by atoms with Crippen molar-refractivity contribution in [2.45, 2.75) is 25.7 Å². The lowest BCUT2D eigenvalue weighted by Gasteiger charge is -2.28. The van der Waals surface area contributed by atoms with Gasteiger partial charge in [0.05, 0.1) is 26.1 Å². The van der Waals surface area contributed by atoms with Gasteiger partial charge in [0.1, 0.15) is 11.6 Å². The van der Waals surface area contributed by atoms with Crippen LogP contribution in [0, 0.1) is 11.6 Å². The summed E-state index contributed by atoms with van der Waals surface area (Å²) in [5.74, 6) is 0.121. The lowest BCUT2D eigenvalue weighted by atomic mass is 9.81. The Balaban J connectivity index is 1.84. The Hall–Kier alpha value is -3.71. The number of ether oxygens (including phenoxy) is 2. The quantitative estimate of drug-likeness (QED) is 0.251. The predicted octanol–water partition coefficient (Wildman–Crippen LogP) is 6.57. The van der Waals surface area contributed by atoms with Gasteiger partial charge in [0.25, 0.3) is 0 Å². The Labute approximate surface area is 213 Å². The maximum absolute atomic E-state index is 13.7. The summed E-state index contributed by atoms with van der Waals surface area (Å²) in [4.78, 5) is 17.9. The van der Waals surface area contributed by atoms with E-state index in [4.69, 9.17) is 21.1 Å². The summed E-state index contributed by atoms with van der Waals surface area (Å²) in [6.45, 7) is 3.99. The molecule has 0 fully saturated rings. The van der Waals surface area contributed by atoms with Crippen LogP contribution in [0.2, 0.25) is 5.02 Å². The smallest absolute Gasteiger partial charge is 0.203 e. The van der Waals surface area contributed by atoms with Crippen LogP contribution in [0.3, 0.4) is 0 Å². The number of hydrogen-bond acceptors (Lipinski definition) is 4. The summed E-state index contributed by atoms with van der Waals surface area (Å²) >= 11 is 6.16. The molecule has 0 bridgehead atoms. The second kappa shape index (κ2) is 10.1. The standard InChI is InChI=1S/C28H25ClF2N2O3/c1-28(2,18-6-12-24(35-3)25(14-18)36-4)26-16-32-27(33(26)21-10-8-19(30)9-11-21)23(34)13-17-5-7-20(31)15-22(17)29/h5-12,14-16H,13H2,1-4H3. The van der Waals surface area contributed by atoms with Crippen molar-refractivity contribution in [1.82, 2.24) is 9.55 Å². The first-order chi connectivity index (χ1) is 17.1. The highest BCUT2D eigenvalue weighted by Gasteiger charge is 2.32. The third kappa shape index (κ3) is 4.84. The number of aromatic nitrogens is 2. The van der Waals surface area contributed by atoms with E-state index in [1.807, 2.05) is 32.0 Å². The molecule has 0 saturated carbocycles. The van der Waals surface area contributed by atoms with Crippen LogP contribution < -0.4 is 9.47 Å². The van der Waals surface area contributed by atoms with Crippen LogP contribution in [0.25, 0.3) is 5.69 Å². The van der Waals surface area contributed by atoms with Crippen molar-refractivity contribution in [1.29, 1.82) is 0 Å². The second-order valence-electron chi connectivity index (χ2n) is 8.81. The SMILES string of the molecule is COc1ccc(C(C)(C)c2cnc(C(=O)Cc3ccc(F)cc3Cl)n2-c2ccc(F)cc2)cc1OC. The molecule has 0 saturated heterocycles. The van der Waals surface area contributed by atoms with Gasteiger partial charge in [-0.05, 0) is 59.7 Å². The summed E-state index contributed by atoms with van der Waals surface area (Å²) in [5.41, 5.74) is 2.01. The lowest BCUT2D eigenvalue weighted by molar-refractivity contribution is 0.0981. The average molecular weight is 511 g/mol. The highest BCUT2D eigenvalue weighted by atomic mass is 35.5. The second-order valence-corrected chi connectivity index (χ2v) is 9.22. The van der Waals surface area contributed by atoms with Crippen LogP contribution in [0.1, 0.15) is 41.3 Å². The van der Waals surface area contributed by atoms with Crippen molar-refractivity contribution in [2.24, 2.45) is 0 Å². The molecule has 4 rings (SSSR count). The highest BCUT2D eigenvalue weighted by Crippen LogP contribution is 2.38. The summed E-state index contributed by atoms with van der Waals surface area (Å²) in [6.07, 6.45) is 1.56. The highest BCUT2D eigenvalue weighted by molar-refractivity contribution is 6.31. The largest absolute Gasteiger partial charge is 0.493 e. The van der Waals surface area contributed by atoms with E-state index in [9.17, 15) is 13.6 Å². The van der Waals surface area contributed by atoms with Gasteiger partial charge in [0.2, 0.25) is 5.78 Å². The predicted molar refractivity (Wildman–Crippen MR) is 135 cm³/mol. The number of benzene rings is 3. The van der Waals surface area contributed by atoms with Gasteiger partial charge in [-0.1, -0.05) is 37.6 Å². The van der Waals surface area contributed by atoms with Crippen molar-refractivity contribution < 1.29 is 23.0 Å². The van der Waals surface area contributed by atoms with E-state index in [-0.39, 0.29) is 23.1 Å². The molecule has 0 N–H and O–H groups in total. The molecule has 0 amide bonds. The van der Waals surface area contributed by atoms with Crippen molar-refractivity contribution in [2.75, 3.05) is 14.2 Å². The minimum absolute atomic E-state index is 0.0758. The van der Waals surface area contributed by atoms with Gasteiger partial charge in [-0.15, -0.1) is 0 Å². The monoisotopic (exact) mass is 510 g/mol. The number of halogens is 3. The van der Waals surface area contributed by atoms with Gasteiger partial charge >= 0.3 is 0 Å². The third-order valence-electron chi connectivity index (χ3n) is 6.21. The maximum Gasteiger partial charge on any atom is 0.203 e. The van der Waals surface area contributed by atoms with Gasteiger partial charge in [-0.25, -0.2) is 13.8 Å². The van der Waals surface area contributed by atoms with Crippen molar-refractivity contribution in [3.05, 3.63) is 106 Å². The fraction of sp³-hybridized carbons (Fsp3) is 0.214. The summed E-state index contributed by atoms with van der Waals surface area (Å²) < 4.78 is 39.8. The molecule has 0 aliphatic carbocycles. The molecule has 5 nitrogen and oxygen atoms in total. The molecule has 36 heavy (non-hydrogen) atoms. The topological polar surface area (TPSA) is 53.3 Å². The van der Waals surface area contributed by atoms with Crippen molar-refractivity contribution in [3.63, 3.8) is 0 Å². The summed E-state index contributed by atoms with van der Waals surface area (Å²) in [7, 11) is 3.13. The molecular formula is C28H25ClF2N2O3. The number of methoxy groups -OCH3 is 2. The number of imidazole rings is 1. The zero-order chi connectivity index (χ0) is 26.0. The van der Waals surface area contributed by atoms with Crippen LogP contribution >= 0.6 is 11.6 Å². The number of nitrogens with zero attached hydrogens (tertiary/aromatic N) is 2. The van der Waals surface area contributed by atoms with Crippen LogP contribution in [0.15, 0.2) is 66.9 Å². The van der Waals surface area contributed by atoms with Gasteiger partial charge in [-0.3, -0.25) is 9.36 Å². The van der Waals surface area contributed by atoms with Crippen molar-refractivity contribution in [3.8, 4) is 17.2 Å². The van der Waals surface area contributed by atoms with E-state index >= 15 is 0 Å². The molecule has 1 aromatic heterocycles. The molecule has 1 heterocycles. The number of rotatable bonds is 8. The molecular weight excluding hydrogens is 486 g/mol. The molecule has 0 aliphatic heterocycles. The van der Waals surface area contributed by atoms with E-state index in [1.165, 1.54) is 30.3 Å².